The molecule has 0 saturated carbocycles. The Morgan fingerprint density at radius 1 is 1.47 bits per heavy atom. The van der Waals surface area contributed by atoms with E-state index >= 15 is 0 Å². The van der Waals surface area contributed by atoms with Gasteiger partial charge in [-0.2, -0.15) is 0 Å². The van der Waals surface area contributed by atoms with Crippen molar-refractivity contribution in [3.05, 3.63) is 29.3 Å². The summed E-state index contributed by atoms with van der Waals surface area (Å²) in [4.78, 5) is 12.4. The van der Waals surface area contributed by atoms with Crippen molar-refractivity contribution >= 4 is 21.8 Å². The number of methoxy groups -OCH3 is 1. The average Bonchev–Trinajstić information content (AvgIpc) is 2.38. The largest absolute Gasteiger partial charge is 0.496 e. The van der Waals surface area contributed by atoms with Crippen molar-refractivity contribution in [2.75, 3.05) is 12.4 Å². The molecule has 106 valence electrons. The minimum Gasteiger partial charge on any atom is -0.496 e. The smallest absolute Gasteiger partial charge is 0.255 e. The van der Waals surface area contributed by atoms with Crippen LogP contribution in [0.2, 0.25) is 0 Å². The Labute approximate surface area is 123 Å². The van der Waals surface area contributed by atoms with Gasteiger partial charge < -0.3 is 10.1 Å². The Balaban J connectivity index is 2.97. The highest BCUT2D eigenvalue weighted by atomic mass is 79.9. The molecule has 0 saturated heterocycles. The molecule has 0 aromatic heterocycles. The third kappa shape index (κ3) is 4.23. The van der Waals surface area contributed by atoms with Crippen LogP contribution in [-0.4, -0.2) is 23.9 Å². The summed E-state index contributed by atoms with van der Waals surface area (Å²) in [7, 11) is 1.58. The number of hydrogen-bond acceptors (Lipinski definition) is 2. The highest BCUT2D eigenvalue weighted by Crippen LogP contribution is 2.22. The summed E-state index contributed by atoms with van der Waals surface area (Å²) >= 11 is 3.44. The molecule has 1 rings (SSSR count). The summed E-state index contributed by atoms with van der Waals surface area (Å²) in [5.41, 5.74) is 1.44. The molecule has 0 radical (unpaired) electrons. The topological polar surface area (TPSA) is 38.3 Å². The van der Waals surface area contributed by atoms with E-state index in [1.54, 1.807) is 7.11 Å². The van der Waals surface area contributed by atoms with Crippen molar-refractivity contribution in [2.24, 2.45) is 0 Å². The third-order valence-electron chi connectivity index (χ3n) is 3.44. The second-order valence-electron chi connectivity index (χ2n) is 5.01. The SMILES string of the molecule is CCC(C)(CCBr)NC(=O)c1cc(C)ccc1OC. The van der Waals surface area contributed by atoms with Gasteiger partial charge in [-0.25, -0.2) is 0 Å². The summed E-state index contributed by atoms with van der Waals surface area (Å²) < 4.78 is 5.26. The van der Waals surface area contributed by atoms with Crippen LogP contribution in [0.1, 0.15) is 42.6 Å². The Kier molecular flexibility index (Phi) is 5.85. The number of alkyl halides is 1. The van der Waals surface area contributed by atoms with E-state index in [-0.39, 0.29) is 11.4 Å². The van der Waals surface area contributed by atoms with Crippen LogP contribution in [0.15, 0.2) is 18.2 Å². The lowest BCUT2D eigenvalue weighted by molar-refractivity contribution is 0.0898. The number of halogens is 1. The van der Waals surface area contributed by atoms with Crippen molar-refractivity contribution < 1.29 is 9.53 Å². The van der Waals surface area contributed by atoms with E-state index in [1.807, 2.05) is 25.1 Å². The third-order valence-corrected chi connectivity index (χ3v) is 3.84. The van der Waals surface area contributed by atoms with Gasteiger partial charge in [0.15, 0.2) is 0 Å². The highest BCUT2D eigenvalue weighted by molar-refractivity contribution is 9.09. The minimum absolute atomic E-state index is 0.0779. The van der Waals surface area contributed by atoms with Crippen LogP contribution in [0.4, 0.5) is 0 Å². The van der Waals surface area contributed by atoms with Crippen molar-refractivity contribution in [1.29, 1.82) is 0 Å². The Morgan fingerprint density at radius 3 is 2.68 bits per heavy atom. The van der Waals surface area contributed by atoms with Crippen LogP contribution >= 0.6 is 15.9 Å². The Morgan fingerprint density at radius 2 is 2.16 bits per heavy atom. The van der Waals surface area contributed by atoms with Gasteiger partial charge >= 0.3 is 0 Å². The van der Waals surface area contributed by atoms with Crippen molar-refractivity contribution in [3.63, 3.8) is 0 Å². The molecule has 4 heteroatoms. The van der Waals surface area contributed by atoms with Gasteiger partial charge in [0, 0.05) is 10.9 Å². The summed E-state index contributed by atoms with van der Waals surface area (Å²) in [6.07, 6.45) is 1.78. The molecule has 1 amide bonds. The van der Waals surface area contributed by atoms with Gasteiger partial charge in [-0.1, -0.05) is 34.5 Å². The average molecular weight is 328 g/mol. The summed E-state index contributed by atoms with van der Waals surface area (Å²) in [5.74, 6) is 0.534. The van der Waals surface area contributed by atoms with Crippen molar-refractivity contribution in [3.8, 4) is 5.75 Å². The van der Waals surface area contributed by atoms with Crippen LogP contribution in [-0.2, 0) is 0 Å². The second-order valence-corrected chi connectivity index (χ2v) is 5.80. The van der Waals surface area contributed by atoms with E-state index in [0.29, 0.717) is 11.3 Å². The maximum absolute atomic E-state index is 12.4. The van der Waals surface area contributed by atoms with E-state index in [9.17, 15) is 4.79 Å². The molecule has 0 fully saturated rings. The molecule has 1 N–H and O–H groups in total. The van der Waals surface area contributed by atoms with E-state index in [0.717, 1.165) is 23.7 Å². The van der Waals surface area contributed by atoms with E-state index in [1.165, 1.54) is 0 Å². The fourth-order valence-corrected chi connectivity index (χ4v) is 2.75. The first kappa shape index (κ1) is 16.0. The molecule has 19 heavy (non-hydrogen) atoms. The molecule has 1 unspecified atom stereocenters. The van der Waals surface area contributed by atoms with E-state index < -0.39 is 0 Å². The van der Waals surface area contributed by atoms with E-state index in [4.69, 9.17) is 4.74 Å². The van der Waals surface area contributed by atoms with Crippen LogP contribution in [0.5, 0.6) is 5.75 Å². The first-order chi connectivity index (χ1) is 8.95. The molecule has 1 aromatic rings. The summed E-state index contributed by atoms with van der Waals surface area (Å²) in [6, 6.07) is 5.63. The van der Waals surface area contributed by atoms with Gasteiger partial charge in [-0.3, -0.25) is 4.79 Å². The fraction of sp³-hybridized carbons (Fsp3) is 0.533. The first-order valence-electron chi connectivity index (χ1n) is 6.49. The molecule has 1 aromatic carbocycles. The monoisotopic (exact) mass is 327 g/mol. The minimum atomic E-state index is -0.199. The van der Waals surface area contributed by atoms with Crippen molar-refractivity contribution in [2.45, 2.75) is 39.2 Å². The van der Waals surface area contributed by atoms with Gasteiger partial charge in [0.1, 0.15) is 5.75 Å². The normalized spacial score (nSPS) is 13.7. The molecular formula is C15H22BrNO2. The lowest BCUT2D eigenvalue weighted by atomic mass is 9.95. The molecule has 0 bridgehead atoms. The van der Waals surface area contributed by atoms with Crippen LogP contribution in [0.3, 0.4) is 0 Å². The second kappa shape index (κ2) is 6.94. The van der Waals surface area contributed by atoms with Crippen LogP contribution in [0.25, 0.3) is 0 Å². The van der Waals surface area contributed by atoms with Gasteiger partial charge in [0.05, 0.1) is 12.7 Å². The summed E-state index contributed by atoms with van der Waals surface area (Å²) in [5, 5.41) is 3.98. The zero-order valence-electron chi connectivity index (χ0n) is 12.0. The Hall–Kier alpha value is -1.03. The lowest BCUT2D eigenvalue weighted by Gasteiger charge is -2.29. The van der Waals surface area contributed by atoms with Crippen LogP contribution in [0, 0.1) is 6.92 Å². The van der Waals surface area contributed by atoms with Gasteiger partial charge in [-0.05, 0) is 38.8 Å². The number of carbonyl (C=O) groups is 1. The standard InChI is InChI=1S/C15H22BrNO2/c1-5-15(3,8-9-16)17-14(18)12-10-11(2)6-7-13(12)19-4/h6-7,10H,5,8-9H2,1-4H3,(H,17,18). The van der Waals surface area contributed by atoms with Gasteiger partial charge in [0.25, 0.3) is 5.91 Å². The fourth-order valence-electron chi connectivity index (χ4n) is 1.88. The zero-order chi connectivity index (χ0) is 14.5. The lowest BCUT2D eigenvalue weighted by Crippen LogP contribution is -2.45. The molecule has 0 aliphatic carbocycles. The van der Waals surface area contributed by atoms with Gasteiger partial charge in [-0.15, -0.1) is 0 Å². The molecule has 0 heterocycles. The number of ether oxygens (including phenoxy) is 1. The van der Waals surface area contributed by atoms with Gasteiger partial charge in [0.2, 0.25) is 0 Å². The number of hydrogen-bond donors (Lipinski definition) is 1. The predicted octanol–water partition coefficient (Wildman–Crippen LogP) is 3.69. The maximum Gasteiger partial charge on any atom is 0.255 e. The predicted molar refractivity (Wildman–Crippen MR) is 82.3 cm³/mol. The molecular weight excluding hydrogens is 306 g/mol. The molecule has 0 aliphatic rings. The number of amides is 1. The molecule has 0 spiro atoms. The Bertz CT molecular complexity index is 448. The zero-order valence-corrected chi connectivity index (χ0v) is 13.6. The highest BCUT2D eigenvalue weighted by Gasteiger charge is 2.25. The number of nitrogens with one attached hydrogen (secondary N) is 1. The van der Waals surface area contributed by atoms with E-state index in [2.05, 4.69) is 35.1 Å². The first-order valence-corrected chi connectivity index (χ1v) is 7.61. The quantitative estimate of drug-likeness (QED) is 0.809. The number of rotatable bonds is 6. The molecule has 0 aliphatic heterocycles. The molecule has 3 nitrogen and oxygen atoms in total. The molecule has 1 atom stereocenters. The number of aryl methyl sites for hydroxylation is 1. The van der Waals surface area contributed by atoms with Crippen LogP contribution < -0.4 is 10.1 Å². The number of carbonyl (C=O) groups excluding carboxylic acids is 1. The van der Waals surface area contributed by atoms with Crippen molar-refractivity contribution in [1.82, 2.24) is 5.32 Å². The maximum atomic E-state index is 12.4. The summed E-state index contributed by atoms with van der Waals surface area (Å²) in [6.45, 7) is 6.11. The number of benzene rings is 1.